The maximum Gasteiger partial charge on any atom is 0.315 e. The molecule has 0 fully saturated rings. The summed E-state index contributed by atoms with van der Waals surface area (Å²) in [5.74, 6) is 0. The van der Waals surface area contributed by atoms with E-state index in [4.69, 9.17) is 0 Å². The van der Waals surface area contributed by atoms with Crippen LogP contribution in [0.4, 0.5) is 5.69 Å². The molecule has 0 amide bonds. The van der Waals surface area contributed by atoms with Crippen LogP contribution in [0.5, 0.6) is 0 Å². The molecule has 0 aliphatic carbocycles. The van der Waals surface area contributed by atoms with Gasteiger partial charge in [-0.2, -0.15) is 5.10 Å². The summed E-state index contributed by atoms with van der Waals surface area (Å²) in [6.07, 6.45) is 1.29. The molecule has 0 saturated heterocycles. The Kier molecular flexibility index (Phi) is 3.01. The number of hydrogen-bond donors (Lipinski definition) is 0. The fraction of sp³-hybridized carbons (Fsp3) is 0. The average molecular weight is 265 g/mol. The van der Waals surface area contributed by atoms with Gasteiger partial charge in [0.1, 0.15) is 6.20 Å². The van der Waals surface area contributed by atoms with Crippen LogP contribution in [0.25, 0.3) is 16.9 Å². The van der Waals surface area contributed by atoms with Crippen molar-refractivity contribution in [3.05, 3.63) is 77.0 Å². The van der Waals surface area contributed by atoms with Crippen LogP contribution in [-0.4, -0.2) is 14.7 Å². The number of nitrogens with zero attached hydrogens (tertiary/aromatic N) is 3. The predicted molar refractivity (Wildman–Crippen MR) is 75.7 cm³/mol. The molecule has 0 aliphatic rings. The Bertz CT molecular complexity index is 736. The Labute approximate surface area is 115 Å². The van der Waals surface area contributed by atoms with Crippen LogP contribution in [0, 0.1) is 10.1 Å². The van der Waals surface area contributed by atoms with E-state index in [9.17, 15) is 10.1 Å². The zero-order valence-electron chi connectivity index (χ0n) is 10.5. The minimum absolute atomic E-state index is 0.0000491. The van der Waals surface area contributed by atoms with E-state index in [1.807, 2.05) is 60.7 Å². The predicted octanol–water partition coefficient (Wildman–Crippen LogP) is 3.45. The molecule has 20 heavy (non-hydrogen) atoms. The van der Waals surface area contributed by atoms with Gasteiger partial charge in [0.15, 0.2) is 5.69 Å². The first-order valence-electron chi connectivity index (χ1n) is 6.10. The highest BCUT2D eigenvalue weighted by atomic mass is 16.6. The van der Waals surface area contributed by atoms with Crippen LogP contribution in [0.1, 0.15) is 0 Å². The van der Waals surface area contributed by atoms with Crippen molar-refractivity contribution in [1.29, 1.82) is 0 Å². The number of nitro groups is 1. The molecule has 1 aromatic heterocycles. The Morgan fingerprint density at radius 2 is 1.55 bits per heavy atom. The minimum atomic E-state index is -0.408. The van der Waals surface area contributed by atoms with E-state index < -0.39 is 4.92 Å². The largest absolute Gasteiger partial charge is 0.315 e. The molecule has 3 rings (SSSR count). The number of hydrogen-bond acceptors (Lipinski definition) is 3. The van der Waals surface area contributed by atoms with Gasteiger partial charge in [0, 0.05) is 5.56 Å². The summed E-state index contributed by atoms with van der Waals surface area (Å²) in [4.78, 5) is 10.8. The number of aromatic nitrogens is 2. The monoisotopic (exact) mass is 265 g/mol. The lowest BCUT2D eigenvalue weighted by atomic mass is 10.1. The van der Waals surface area contributed by atoms with E-state index >= 15 is 0 Å². The maximum absolute atomic E-state index is 11.2. The second-order valence-electron chi connectivity index (χ2n) is 4.25. The van der Waals surface area contributed by atoms with E-state index in [-0.39, 0.29) is 5.69 Å². The molecule has 0 spiro atoms. The maximum atomic E-state index is 11.2. The van der Waals surface area contributed by atoms with Gasteiger partial charge in [-0.25, -0.2) is 4.68 Å². The molecule has 0 bridgehead atoms. The third-order valence-corrected chi connectivity index (χ3v) is 2.99. The van der Waals surface area contributed by atoms with Gasteiger partial charge in [-0.3, -0.25) is 10.1 Å². The molecular formula is C15H11N3O2. The van der Waals surface area contributed by atoms with Crippen LogP contribution in [-0.2, 0) is 0 Å². The van der Waals surface area contributed by atoms with Crippen LogP contribution in [0.2, 0.25) is 0 Å². The lowest BCUT2D eigenvalue weighted by Gasteiger charge is -2.06. The SMILES string of the molecule is O=[N+]([O-])c1cnn(-c2ccccc2)c1-c1ccccc1. The number of para-hydroxylation sites is 1. The van der Waals surface area contributed by atoms with Gasteiger partial charge in [-0.15, -0.1) is 0 Å². The smallest absolute Gasteiger partial charge is 0.258 e. The lowest BCUT2D eigenvalue weighted by molar-refractivity contribution is -0.384. The zero-order chi connectivity index (χ0) is 13.9. The summed E-state index contributed by atoms with van der Waals surface area (Å²) >= 11 is 0. The van der Waals surface area contributed by atoms with Crippen molar-refractivity contribution in [3.63, 3.8) is 0 Å². The van der Waals surface area contributed by atoms with Gasteiger partial charge in [0.05, 0.1) is 10.6 Å². The molecule has 5 heteroatoms. The van der Waals surface area contributed by atoms with Gasteiger partial charge in [0.2, 0.25) is 0 Å². The zero-order valence-corrected chi connectivity index (χ0v) is 10.5. The van der Waals surface area contributed by atoms with E-state index in [0.717, 1.165) is 11.3 Å². The minimum Gasteiger partial charge on any atom is -0.258 e. The molecule has 0 N–H and O–H groups in total. The van der Waals surface area contributed by atoms with Gasteiger partial charge in [-0.05, 0) is 12.1 Å². The Morgan fingerprint density at radius 1 is 0.950 bits per heavy atom. The summed E-state index contributed by atoms with van der Waals surface area (Å²) in [6, 6.07) is 18.6. The topological polar surface area (TPSA) is 61.0 Å². The summed E-state index contributed by atoms with van der Waals surface area (Å²) < 4.78 is 1.59. The quantitative estimate of drug-likeness (QED) is 0.538. The van der Waals surface area contributed by atoms with Crippen molar-refractivity contribution in [2.75, 3.05) is 0 Å². The average Bonchev–Trinajstić information content (AvgIpc) is 2.94. The normalized spacial score (nSPS) is 10.4. The molecule has 1 heterocycles. The van der Waals surface area contributed by atoms with E-state index in [1.54, 1.807) is 4.68 Å². The first kappa shape index (κ1) is 12.1. The molecule has 0 aliphatic heterocycles. The van der Waals surface area contributed by atoms with Gasteiger partial charge in [0.25, 0.3) is 0 Å². The summed E-state index contributed by atoms with van der Waals surface area (Å²) in [6.45, 7) is 0. The Balaban J connectivity index is 2.25. The highest BCUT2D eigenvalue weighted by Crippen LogP contribution is 2.31. The summed E-state index contributed by atoms with van der Waals surface area (Å²) in [5, 5.41) is 15.4. The van der Waals surface area contributed by atoms with Crippen LogP contribution in [0.3, 0.4) is 0 Å². The van der Waals surface area contributed by atoms with Gasteiger partial charge >= 0.3 is 5.69 Å². The highest BCUT2D eigenvalue weighted by molar-refractivity contribution is 5.71. The van der Waals surface area contributed by atoms with Crippen molar-refractivity contribution < 1.29 is 4.92 Å². The third kappa shape index (κ3) is 2.05. The van der Waals surface area contributed by atoms with Crippen molar-refractivity contribution in [1.82, 2.24) is 9.78 Å². The molecule has 0 atom stereocenters. The molecule has 5 nitrogen and oxygen atoms in total. The van der Waals surface area contributed by atoms with Crippen LogP contribution >= 0.6 is 0 Å². The van der Waals surface area contributed by atoms with Crippen LogP contribution in [0.15, 0.2) is 66.9 Å². The molecule has 0 radical (unpaired) electrons. The second-order valence-corrected chi connectivity index (χ2v) is 4.25. The second kappa shape index (κ2) is 4.97. The van der Waals surface area contributed by atoms with Gasteiger partial charge in [-0.1, -0.05) is 48.5 Å². The van der Waals surface area contributed by atoms with Crippen LogP contribution < -0.4 is 0 Å². The molecule has 3 aromatic rings. The molecular weight excluding hydrogens is 254 g/mol. The first-order chi connectivity index (χ1) is 9.77. The molecule has 98 valence electrons. The first-order valence-corrected chi connectivity index (χ1v) is 6.10. The van der Waals surface area contributed by atoms with E-state index in [0.29, 0.717) is 5.69 Å². The van der Waals surface area contributed by atoms with E-state index in [2.05, 4.69) is 5.10 Å². The fourth-order valence-electron chi connectivity index (χ4n) is 2.10. The Morgan fingerprint density at radius 3 is 2.15 bits per heavy atom. The van der Waals surface area contributed by atoms with Crippen molar-refractivity contribution >= 4 is 5.69 Å². The number of benzene rings is 2. The standard InChI is InChI=1S/C15H11N3O2/c19-18(20)14-11-16-17(13-9-5-2-6-10-13)15(14)12-7-3-1-4-8-12/h1-11H. The number of rotatable bonds is 3. The highest BCUT2D eigenvalue weighted by Gasteiger charge is 2.22. The van der Waals surface area contributed by atoms with Gasteiger partial charge < -0.3 is 0 Å². The third-order valence-electron chi connectivity index (χ3n) is 2.99. The van der Waals surface area contributed by atoms with Crippen molar-refractivity contribution in [2.45, 2.75) is 0 Å². The summed E-state index contributed by atoms with van der Waals surface area (Å²) in [5.41, 5.74) is 2.04. The molecule has 0 unspecified atom stereocenters. The Hall–Kier alpha value is -2.95. The lowest BCUT2D eigenvalue weighted by Crippen LogP contribution is -1.99. The fourth-order valence-corrected chi connectivity index (χ4v) is 2.10. The summed E-state index contributed by atoms with van der Waals surface area (Å²) in [7, 11) is 0. The van der Waals surface area contributed by atoms with E-state index in [1.165, 1.54) is 6.20 Å². The molecule has 0 saturated carbocycles. The van der Waals surface area contributed by atoms with Crippen molar-refractivity contribution in [2.24, 2.45) is 0 Å². The van der Waals surface area contributed by atoms with Crippen molar-refractivity contribution in [3.8, 4) is 16.9 Å². The molecule has 2 aromatic carbocycles.